The van der Waals surface area contributed by atoms with Crippen molar-refractivity contribution in [3.63, 3.8) is 0 Å². The minimum absolute atomic E-state index is 0.113. The fourth-order valence-electron chi connectivity index (χ4n) is 3.13. The Morgan fingerprint density at radius 1 is 1.08 bits per heavy atom. The maximum absolute atomic E-state index is 14.4. The predicted octanol–water partition coefficient (Wildman–Crippen LogP) is 5.27. The van der Waals surface area contributed by atoms with Crippen LogP contribution in [0.5, 0.6) is 0 Å². The van der Waals surface area contributed by atoms with Crippen LogP contribution in [0.25, 0.3) is 11.3 Å². The molecule has 0 fully saturated rings. The number of nitrogens with zero attached hydrogens (tertiary/aromatic N) is 1. The molecular formula is C19H15ClF3NO. The number of benzene rings is 2. The molecule has 130 valence electrons. The SMILES string of the molecule is CCN1C(=O)CCC(c2ccccc2Cl)=C1c1c(F)cc(F)cc1F. The van der Waals surface area contributed by atoms with Crippen LogP contribution in [-0.4, -0.2) is 17.4 Å². The van der Waals surface area contributed by atoms with Gasteiger partial charge in [-0.2, -0.15) is 0 Å². The molecule has 0 aliphatic carbocycles. The number of rotatable bonds is 3. The van der Waals surface area contributed by atoms with Crippen molar-refractivity contribution in [2.45, 2.75) is 19.8 Å². The van der Waals surface area contributed by atoms with Gasteiger partial charge >= 0.3 is 0 Å². The highest BCUT2D eigenvalue weighted by Gasteiger charge is 2.31. The summed E-state index contributed by atoms with van der Waals surface area (Å²) in [6, 6.07) is 8.14. The minimum atomic E-state index is -1.05. The van der Waals surface area contributed by atoms with Gasteiger partial charge in [-0.3, -0.25) is 4.79 Å². The Morgan fingerprint density at radius 2 is 1.72 bits per heavy atom. The summed E-state index contributed by atoms with van der Waals surface area (Å²) < 4.78 is 42.2. The third-order valence-electron chi connectivity index (χ3n) is 4.20. The summed E-state index contributed by atoms with van der Waals surface area (Å²) in [6.07, 6.45) is 0.507. The third kappa shape index (κ3) is 3.16. The first-order valence-corrected chi connectivity index (χ1v) is 8.25. The molecule has 1 aliphatic rings. The van der Waals surface area contributed by atoms with Crippen LogP contribution in [0.2, 0.25) is 5.02 Å². The minimum Gasteiger partial charge on any atom is -0.312 e. The average molecular weight is 366 g/mol. The standard InChI is InChI=1S/C19H15ClF3NO/c1-2-24-17(25)8-7-13(12-5-3-4-6-14(12)20)19(24)18-15(22)9-11(21)10-16(18)23/h3-6,9-10H,2,7-8H2,1H3. The number of hydrogen-bond acceptors (Lipinski definition) is 1. The smallest absolute Gasteiger partial charge is 0.227 e. The summed E-state index contributed by atoms with van der Waals surface area (Å²) in [7, 11) is 0. The van der Waals surface area contributed by atoms with E-state index in [9.17, 15) is 18.0 Å². The fourth-order valence-corrected chi connectivity index (χ4v) is 3.38. The van der Waals surface area contributed by atoms with Gasteiger partial charge in [0.05, 0.1) is 11.3 Å². The lowest BCUT2D eigenvalue weighted by Crippen LogP contribution is -2.33. The van der Waals surface area contributed by atoms with Gasteiger partial charge in [0.1, 0.15) is 17.5 Å². The number of amides is 1. The highest BCUT2D eigenvalue weighted by atomic mass is 35.5. The molecule has 2 nitrogen and oxygen atoms in total. The average Bonchev–Trinajstić information content (AvgIpc) is 2.55. The molecule has 0 bridgehead atoms. The van der Waals surface area contributed by atoms with Crippen molar-refractivity contribution in [2.75, 3.05) is 6.54 Å². The van der Waals surface area contributed by atoms with E-state index < -0.39 is 23.0 Å². The van der Waals surface area contributed by atoms with Crippen LogP contribution >= 0.6 is 11.6 Å². The normalized spacial score (nSPS) is 15.1. The zero-order chi connectivity index (χ0) is 18.1. The molecular weight excluding hydrogens is 351 g/mol. The van der Waals surface area contributed by atoms with Crippen LogP contribution in [0, 0.1) is 17.5 Å². The van der Waals surface area contributed by atoms with Gasteiger partial charge in [0, 0.05) is 30.1 Å². The van der Waals surface area contributed by atoms with E-state index in [1.807, 2.05) is 0 Å². The summed E-state index contributed by atoms with van der Waals surface area (Å²) in [4.78, 5) is 13.6. The fraction of sp³-hybridized carbons (Fsp3) is 0.211. The second-order valence-corrected chi connectivity index (χ2v) is 6.10. The summed E-state index contributed by atoms with van der Waals surface area (Å²) in [5, 5.41) is 0.420. The lowest BCUT2D eigenvalue weighted by molar-refractivity contribution is -0.128. The molecule has 0 N–H and O–H groups in total. The number of carbonyl (C=O) groups is 1. The van der Waals surface area contributed by atoms with Crippen LogP contribution in [-0.2, 0) is 4.79 Å². The lowest BCUT2D eigenvalue weighted by Gasteiger charge is -2.32. The molecule has 2 aromatic rings. The van der Waals surface area contributed by atoms with E-state index >= 15 is 0 Å². The maximum atomic E-state index is 14.4. The van der Waals surface area contributed by atoms with E-state index in [1.54, 1.807) is 31.2 Å². The van der Waals surface area contributed by atoms with Crippen molar-refractivity contribution in [2.24, 2.45) is 0 Å². The highest BCUT2D eigenvalue weighted by Crippen LogP contribution is 2.41. The Bertz CT molecular complexity index is 856. The Hall–Kier alpha value is -2.27. The number of halogens is 4. The predicted molar refractivity (Wildman–Crippen MR) is 91.2 cm³/mol. The largest absolute Gasteiger partial charge is 0.312 e. The maximum Gasteiger partial charge on any atom is 0.227 e. The molecule has 2 aromatic carbocycles. The summed E-state index contributed by atoms with van der Waals surface area (Å²) >= 11 is 6.26. The quantitative estimate of drug-likeness (QED) is 0.725. The van der Waals surface area contributed by atoms with Crippen molar-refractivity contribution in [1.82, 2.24) is 4.90 Å². The summed E-state index contributed by atoms with van der Waals surface area (Å²) in [5.41, 5.74) is 0.873. The second-order valence-electron chi connectivity index (χ2n) is 5.69. The van der Waals surface area contributed by atoms with E-state index in [-0.39, 0.29) is 24.6 Å². The lowest BCUT2D eigenvalue weighted by atomic mass is 9.90. The molecule has 1 aliphatic heterocycles. The molecule has 6 heteroatoms. The van der Waals surface area contributed by atoms with E-state index in [1.165, 1.54) is 4.90 Å². The number of allylic oxidation sites excluding steroid dienone is 1. The van der Waals surface area contributed by atoms with Gasteiger partial charge in [0.15, 0.2) is 0 Å². The van der Waals surface area contributed by atoms with Crippen LogP contribution in [0.3, 0.4) is 0 Å². The molecule has 0 saturated carbocycles. The molecule has 1 amide bonds. The monoisotopic (exact) mass is 365 g/mol. The Balaban J connectivity index is 2.35. The van der Waals surface area contributed by atoms with Crippen LogP contribution in [0.15, 0.2) is 36.4 Å². The van der Waals surface area contributed by atoms with E-state index in [0.717, 1.165) is 0 Å². The topological polar surface area (TPSA) is 20.3 Å². The third-order valence-corrected chi connectivity index (χ3v) is 4.53. The van der Waals surface area contributed by atoms with Crippen LogP contribution in [0.1, 0.15) is 30.9 Å². The van der Waals surface area contributed by atoms with Gasteiger partial charge in [-0.15, -0.1) is 0 Å². The molecule has 0 atom stereocenters. The summed E-state index contributed by atoms with van der Waals surface area (Å²) in [5.74, 6) is -3.35. The van der Waals surface area contributed by atoms with Crippen molar-refractivity contribution in [1.29, 1.82) is 0 Å². The van der Waals surface area contributed by atoms with E-state index in [0.29, 0.717) is 34.7 Å². The van der Waals surface area contributed by atoms with Crippen molar-refractivity contribution < 1.29 is 18.0 Å². The number of carbonyl (C=O) groups excluding carboxylic acids is 1. The molecule has 0 unspecified atom stereocenters. The molecule has 0 radical (unpaired) electrons. The molecule has 0 aromatic heterocycles. The molecule has 1 heterocycles. The molecule has 0 spiro atoms. The van der Waals surface area contributed by atoms with Crippen molar-refractivity contribution >= 4 is 28.8 Å². The first kappa shape index (κ1) is 17.5. The van der Waals surface area contributed by atoms with Gasteiger partial charge < -0.3 is 4.90 Å². The van der Waals surface area contributed by atoms with Crippen molar-refractivity contribution in [3.05, 3.63) is 70.0 Å². The number of hydrogen-bond donors (Lipinski definition) is 0. The Morgan fingerprint density at radius 3 is 2.32 bits per heavy atom. The Labute approximate surface area is 148 Å². The molecule has 3 rings (SSSR count). The van der Waals surface area contributed by atoms with Crippen molar-refractivity contribution in [3.8, 4) is 0 Å². The summed E-state index contributed by atoms with van der Waals surface area (Å²) in [6.45, 7) is 1.95. The van der Waals surface area contributed by atoms with Gasteiger partial charge in [-0.05, 0) is 30.5 Å². The van der Waals surface area contributed by atoms with Crippen LogP contribution in [0.4, 0.5) is 13.2 Å². The second kappa shape index (κ2) is 6.92. The van der Waals surface area contributed by atoms with Gasteiger partial charge in [-0.1, -0.05) is 29.8 Å². The molecule has 0 saturated heterocycles. The van der Waals surface area contributed by atoms with E-state index in [4.69, 9.17) is 11.6 Å². The van der Waals surface area contributed by atoms with E-state index in [2.05, 4.69) is 0 Å². The highest BCUT2D eigenvalue weighted by molar-refractivity contribution is 6.32. The molecule has 25 heavy (non-hydrogen) atoms. The Kier molecular flexibility index (Phi) is 4.86. The first-order chi connectivity index (χ1) is 11.9. The zero-order valence-corrected chi connectivity index (χ0v) is 14.2. The van der Waals surface area contributed by atoms with Gasteiger partial charge in [0.2, 0.25) is 5.91 Å². The van der Waals surface area contributed by atoms with Gasteiger partial charge in [-0.25, -0.2) is 13.2 Å². The first-order valence-electron chi connectivity index (χ1n) is 7.87. The van der Waals surface area contributed by atoms with Crippen LogP contribution < -0.4 is 0 Å². The van der Waals surface area contributed by atoms with Gasteiger partial charge in [0.25, 0.3) is 0 Å². The zero-order valence-electron chi connectivity index (χ0n) is 13.5.